The lowest BCUT2D eigenvalue weighted by atomic mass is 10.3. The third-order valence-corrected chi connectivity index (χ3v) is 5.68. The molecule has 2 heterocycles. The molecule has 118 valence electrons. The smallest absolute Gasteiger partial charge is 0.243 e. The molecule has 0 amide bonds. The van der Waals surface area contributed by atoms with Crippen molar-refractivity contribution in [3.63, 3.8) is 0 Å². The van der Waals surface area contributed by atoms with Crippen LogP contribution in [0, 0.1) is 6.92 Å². The molecule has 0 unspecified atom stereocenters. The van der Waals surface area contributed by atoms with Crippen LogP contribution in [0.15, 0.2) is 45.8 Å². The highest BCUT2D eigenvalue weighted by Crippen LogP contribution is 2.18. The monoisotopic (exact) mass is 321 g/mol. The maximum atomic E-state index is 12.5. The summed E-state index contributed by atoms with van der Waals surface area (Å²) in [5, 5.41) is 3.87. The molecule has 2 aromatic rings. The van der Waals surface area contributed by atoms with Crippen LogP contribution in [0.5, 0.6) is 0 Å². The van der Waals surface area contributed by atoms with E-state index in [4.69, 9.17) is 4.52 Å². The third kappa shape index (κ3) is 3.21. The van der Waals surface area contributed by atoms with Crippen molar-refractivity contribution in [3.8, 4) is 0 Å². The molecule has 1 saturated heterocycles. The van der Waals surface area contributed by atoms with Crippen LogP contribution in [0.4, 0.5) is 0 Å². The zero-order valence-electron chi connectivity index (χ0n) is 12.5. The Kier molecular flexibility index (Phi) is 4.28. The highest BCUT2D eigenvalue weighted by Gasteiger charge is 2.28. The van der Waals surface area contributed by atoms with Gasteiger partial charge < -0.3 is 4.52 Å². The van der Waals surface area contributed by atoms with E-state index in [9.17, 15) is 8.42 Å². The van der Waals surface area contributed by atoms with Gasteiger partial charge >= 0.3 is 0 Å². The third-order valence-electron chi connectivity index (χ3n) is 3.77. The summed E-state index contributed by atoms with van der Waals surface area (Å²) in [7, 11) is -3.38. The van der Waals surface area contributed by atoms with Crippen molar-refractivity contribution in [2.24, 2.45) is 0 Å². The molecule has 1 aliphatic rings. The molecule has 6 nitrogen and oxygen atoms in total. The summed E-state index contributed by atoms with van der Waals surface area (Å²) in [6.45, 7) is 4.91. The van der Waals surface area contributed by atoms with Crippen LogP contribution >= 0.6 is 0 Å². The number of sulfonamides is 1. The molecule has 0 aliphatic carbocycles. The lowest BCUT2D eigenvalue weighted by Gasteiger charge is -2.33. The molecule has 0 radical (unpaired) electrons. The number of piperazine rings is 1. The fourth-order valence-electron chi connectivity index (χ4n) is 2.58. The van der Waals surface area contributed by atoms with E-state index in [0.29, 0.717) is 37.6 Å². The number of hydrogen-bond acceptors (Lipinski definition) is 5. The summed E-state index contributed by atoms with van der Waals surface area (Å²) in [5.41, 5.74) is 0.861. The predicted molar refractivity (Wildman–Crippen MR) is 81.7 cm³/mol. The van der Waals surface area contributed by atoms with Gasteiger partial charge in [-0.3, -0.25) is 4.90 Å². The van der Waals surface area contributed by atoms with Crippen molar-refractivity contribution < 1.29 is 12.9 Å². The second-order valence-corrected chi connectivity index (χ2v) is 7.37. The van der Waals surface area contributed by atoms with Crippen LogP contribution in [0.2, 0.25) is 0 Å². The van der Waals surface area contributed by atoms with Gasteiger partial charge in [-0.05, 0) is 19.1 Å². The molecule has 0 saturated carbocycles. The van der Waals surface area contributed by atoms with E-state index in [2.05, 4.69) is 10.1 Å². The van der Waals surface area contributed by atoms with Crippen LogP contribution in [0.3, 0.4) is 0 Å². The minimum absolute atomic E-state index is 0.356. The number of benzene rings is 1. The maximum absolute atomic E-state index is 12.5. The zero-order valence-corrected chi connectivity index (χ0v) is 13.3. The lowest BCUT2D eigenvalue weighted by molar-refractivity contribution is 0.166. The lowest BCUT2D eigenvalue weighted by Crippen LogP contribution is -2.48. The standard InChI is InChI=1S/C15H19N3O3S/c1-13-11-14(21-16-13)12-17-7-9-18(10-8-17)22(19,20)15-5-3-2-4-6-15/h2-6,11H,7-10,12H2,1H3. The average Bonchev–Trinajstić information content (AvgIpc) is 2.94. The Labute approximate surface area is 130 Å². The Morgan fingerprint density at radius 2 is 1.82 bits per heavy atom. The van der Waals surface area contributed by atoms with Crippen molar-refractivity contribution in [1.29, 1.82) is 0 Å². The largest absolute Gasteiger partial charge is 0.360 e. The topological polar surface area (TPSA) is 66.7 Å². The van der Waals surface area contributed by atoms with Gasteiger partial charge in [-0.2, -0.15) is 4.31 Å². The maximum Gasteiger partial charge on any atom is 0.243 e. The number of hydrogen-bond donors (Lipinski definition) is 0. The van der Waals surface area contributed by atoms with Crippen molar-refractivity contribution in [2.75, 3.05) is 26.2 Å². The molecule has 1 fully saturated rings. The van der Waals surface area contributed by atoms with Gasteiger partial charge in [0.25, 0.3) is 0 Å². The Balaban J connectivity index is 1.62. The summed E-state index contributed by atoms with van der Waals surface area (Å²) in [6.07, 6.45) is 0. The summed E-state index contributed by atoms with van der Waals surface area (Å²) >= 11 is 0. The first-order valence-electron chi connectivity index (χ1n) is 7.25. The van der Waals surface area contributed by atoms with Crippen LogP contribution in [-0.2, 0) is 16.6 Å². The molecular weight excluding hydrogens is 302 g/mol. The Bertz CT molecular complexity index is 720. The number of aryl methyl sites for hydroxylation is 1. The molecule has 3 rings (SSSR count). The van der Waals surface area contributed by atoms with E-state index in [1.54, 1.807) is 28.6 Å². The van der Waals surface area contributed by atoms with Gasteiger partial charge in [0.15, 0.2) is 5.76 Å². The minimum atomic E-state index is -3.38. The second kappa shape index (κ2) is 6.20. The van der Waals surface area contributed by atoms with Gasteiger partial charge in [0.1, 0.15) is 0 Å². The zero-order chi connectivity index (χ0) is 15.6. The van der Waals surface area contributed by atoms with Gasteiger partial charge in [-0.15, -0.1) is 0 Å². The number of rotatable bonds is 4. The first-order valence-corrected chi connectivity index (χ1v) is 8.69. The van der Waals surface area contributed by atoms with Crippen LogP contribution in [-0.4, -0.2) is 49.0 Å². The molecule has 1 aromatic heterocycles. The quantitative estimate of drug-likeness (QED) is 0.853. The van der Waals surface area contributed by atoms with Gasteiger partial charge in [-0.25, -0.2) is 8.42 Å². The van der Waals surface area contributed by atoms with E-state index in [1.807, 2.05) is 19.1 Å². The van der Waals surface area contributed by atoms with Crippen LogP contribution in [0.25, 0.3) is 0 Å². The molecule has 7 heteroatoms. The number of aromatic nitrogens is 1. The summed E-state index contributed by atoms with van der Waals surface area (Å²) in [6, 6.07) is 10.5. The summed E-state index contributed by atoms with van der Waals surface area (Å²) in [4.78, 5) is 2.53. The molecule has 22 heavy (non-hydrogen) atoms. The average molecular weight is 321 g/mol. The second-order valence-electron chi connectivity index (χ2n) is 5.43. The SMILES string of the molecule is Cc1cc(CN2CCN(S(=O)(=O)c3ccccc3)CC2)on1. The van der Waals surface area contributed by atoms with Crippen molar-refractivity contribution in [3.05, 3.63) is 47.9 Å². The Morgan fingerprint density at radius 1 is 1.14 bits per heavy atom. The van der Waals surface area contributed by atoms with E-state index >= 15 is 0 Å². The van der Waals surface area contributed by atoms with E-state index in [0.717, 1.165) is 11.5 Å². The van der Waals surface area contributed by atoms with E-state index in [1.165, 1.54) is 0 Å². The van der Waals surface area contributed by atoms with Crippen molar-refractivity contribution in [1.82, 2.24) is 14.4 Å². The molecule has 0 spiro atoms. The molecule has 0 bridgehead atoms. The molecular formula is C15H19N3O3S. The van der Waals surface area contributed by atoms with Gasteiger partial charge in [-0.1, -0.05) is 23.4 Å². The minimum Gasteiger partial charge on any atom is -0.360 e. The summed E-state index contributed by atoms with van der Waals surface area (Å²) in [5.74, 6) is 0.817. The Morgan fingerprint density at radius 3 is 2.41 bits per heavy atom. The predicted octanol–water partition coefficient (Wildman–Crippen LogP) is 1.49. The normalized spacial score (nSPS) is 17.7. The first-order chi connectivity index (χ1) is 10.6. The van der Waals surface area contributed by atoms with Crippen LogP contribution in [0.1, 0.15) is 11.5 Å². The van der Waals surface area contributed by atoms with Gasteiger partial charge in [0, 0.05) is 32.2 Å². The molecule has 1 aliphatic heterocycles. The highest BCUT2D eigenvalue weighted by molar-refractivity contribution is 7.89. The first kappa shape index (κ1) is 15.2. The summed E-state index contributed by atoms with van der Waals surface area (Å²) < 4.78 is 31.8. The van der Waals surface area contributed by atoms with Crippen molar-refractivity contribution >= 4 is 10.0 Å². The molecule has 1 aromatic carbocycles. The van der Waals surface area contributed by atoms with Gasteiger partial charge in [0.2, 0.25) is 10.0 Å². The molecule has 0 N–H and O–H groups in total. The van der Waals surface area contributed by atoms with Crippen molar-refractivity contribution in [2.45, 2.75) is 18.4 Å². The van der Waals surface area contributed by atoms with Gasteiger partial charge in [0.05, 0.1) is 17.1 Å². The molecule has 0 atom stereocenters. The Hall–Kier alpha value is -1.70. The highest BCUT2D eigenvalue weighted by atomic mass is 32.2. The van der Waals surface area contributed by atoms with E-state index < -0.39 is 10.0 Å². The fraction of sp³-hybridized carbons (Fsp3) is 0.400. The fourth-order valence-corrected chi connectivity index (χ4v) is 4.02. The van der Waals surface area contributed by atoms with Crippen LogP contribution < -0.4 is 0 Å². The van der Waals surface area contributed by atoms with E-state index in [-0.39, 0.29) is 0 Å². The number of nitrogens with zero attached hydrogens (tertiary/aromatic N) is 3.